The second kappa shape index (κ2) is 9.53. The van der Waals surface area contributed by atoms with Gasteiger partial charge in [0.1, 0.15) is 11.6 Å². The maximum absolute atomic E-state index is 12.3. The predicted molar refractivity (Wildman–Crippen MR) is 106 cm³/mol. The van der Waals surface area contributed by atoms with Crippen LogP contribution in [0, 0.1) is 0 Å². The maximum Gasteiger partial charge on any atom is 0.238 e. The summed E-state index contributed by atoms with van der Waals surface area (Å²) >= 11 is 0. The van der Waals surface area contributed by atoms with Crippen LogP contribution < -0.4 is 10.1 Å². The third-order valence-corrected chi connectivity index (χ3v) is 4.96. The average Bonchev–Trinajstić information content (AvgIpc) is 3.15. The van der Waals surface area contributed by atoms with Crippen molar-refractivity contribution in [2.24, 2.45) is 0 Å². The Labute approximate surface area is 160 Å². The summed E-state index contributed by atoms with van der Waals surface area (Å²) in [5.74, 6) is 1.90. The molecule has 1 amide bonds. The number of nitrogens with zero attached hydrogens (tertiary/aromatic N) is 4. The zero-order valence-electron chi connectivity index (χ0n) is 16.2. The monoisotopic (exact) mass is 371 g/mol. The fourth-order valence-corrected chi connectivity index (χ4v) is 3.38. The van der Waals surface area contributed by atoms with Crippen LogP contribution in [0.15, 0.2) is 36.7 Å². The molecule has 0 atom stereocenters. The van der Waals surface area contributed by atoms with Crippen LogP contribution in [0.1, 0.15) is 12.7 Å². The lowest BCUT2D eigenvalue weighted by Crippen LogP contribution is -2.49. The first-order valence-electron chi connectivity index (χ1n) is 9.56. The number of hydrogen-bond acceptors (Lipinski definition) is 5. The van der Waals surface area contributed by atoms with Crippen LogP contribution in [0.5, 0.6) is 5.75 Å². The molecule has 1 N–H and O–H groups in total. The molecule has 1 aromatic heterocycles. The SMILES string of the molecule is CCc1nccn1CCN1CCN(CC(=O)Nc2cccc(OC)c2)CC1. The normalized spacial score (nSPS) is 15.6. The van der Waals surface area contributed by atoms with Crippen molar-refractivity contribution in [1.29, 1.82) is 0 Å². The number of hydrogen-bond donors (Lipinski definition) is 1. The average molecular weight is 371 g/mol. The number of anilines is 1. The van der Waals surface area contributed by atoms with Crippen molar-refractivity contribution >= 4 is 11.6 Å². The van der Waals surface area contributed by atoms with E-state index in [4.69, 9.17) is 4.74 Å². The molecule has 1 aromatic carbocycles. The Morgan fingerprint density at radius 3 is 2.70 bits per heavy atom. The van der Waals surface area contributed by atoms with E-state index < -0.39 is 0 Å². The molecular formula is C20H29N5O2. The summed E-state index contributed by atoms with van der Waals surface area (Å²) in [7, 11) is 1.62. The Morgan fingerprint density at radius 1 is 1.19 bits per heavy atom. The van der Waals surface area contributed by atoms with Crippen LogP contribution in [0.3, 0.4) is 0 Å². The molecule has 2 aromatic rings. The number of methoxy groups -OCH3 is 1. The maximum atomic E-state index is 12.3. The van der Waals surface area contributed by atoms with Crippen LogP contribution in [0.2, 0.25) is 0 Å². The molecule has 2 heterocycles. The van der Waals surface area contributed by atoms with Crippen molar-refractivity contribution in [1.82, 2.24) is 19.4 Å². The van der Waals surface area contributed by atoms with Crippen molar-refractivity contribution in [3.05, 3.63) is 42.5 Å². The number of rotatable bonds is 8. The minimum atomic E-state index is 0.0164. The van der Waals surface area contributed by atoms with Crippen LogP contribution in [0.25, 0.3) is 0 Å². The number of piperazine rings is 1. The highest BCUT2D eigenvalue weighted by Crippen LogP contribution is 2.16. The number of carbonyl (C=O) groups excluding carboxylic acids is 1. The summed E-state index contributed by atoms with van der Waals surface area (Å²) < 4.78 is 7.42. The minimum absolute atomic E-state index is 0.0164. The van der Waals surface area contributed by atoms with Crippen molar-refractivity contribution in [3.8, 4) is 5.75 Å². The largest absolute Gasteiger partial charge is 0.497 e. The van der Waals surface area contributed by atoms with Crippen LogP contribution in [-0.4, -0.2) is 71.6 Å². The van der Waals surface area contributed by atoms with E-state index in [1.807, 2.05) is 30.5 Å². The number of imidazole rings is 1. The van der Waals surface area contributed by atoms with E-state index in [9.17, 15) is 4.79 Å². The van der Waals surface area contributed by atoms with Crippen molar-refractivity contribution in [2.45, 2.75) is 19.9 Å². The second-order valence-corrected chi connectivity index (χ2v) is 6.79. The van der Waals surface area contributed by atoms with Crippen LogP contribution >= 0.6 is 0 Å². The molecule has 7 nitrogen and oxygen atoms in total. The van der Waals surface area contributed by atoms with E-state index >= 15 is 0 Å². The smallest absolute Gasteiger partial charge is 0.238 e. The number of ether oxygens (including phenoxy) is 1. The van der Waals surface area contributed by atoms with E-state index in [1.165, 1.54) is 0 Å². The number of carbonyl (C=O) groups is 1. The van der Waals surface area contributed by atoms with Gasteiger partial charge in [-0.15, -0.1) is 0 Å². The van der Waals surface area contributed by atoms with Gasteiger partial charge in [0.15, 0.2) is 0 Å². The van der Waals surface area contributed by atoms with Gasteiger partial charge in [-0.05, 0) is 12.1 Å². The first-order chi connectivity index (χ1) is 13.2. The molecule has 1 aliphatic rings. The Bertz CT molecular complexity index is 737. The summed E-state index contributed by atoms with van der Waals surface area (Å²) in [5, 5.41) is 2.95. The van der Waals surface area contributed by atoms with Gasteiger partial charge < -0.3 is 14.6 Å². The summed E-state index contributed by atoms with van der Waals surface area (Å²) in [6.07, 6.45) is 4.89. The summed E-state index contributed by atoms with van der Waals surface area (Å²) in [6.45, 7) is 8.35. The standard InChI is InChI=1S/C20H29N5O2/c1-3-19-21-7-8-25(19)14-13-23-9-11-24(12-10-23)16-20(26)22-17-5-4-6-18(15-17)27-2/h4-8,15H,3,9-14,16H2,1-2H3,(H,22,26). The molecule has 27 heavy (non-hydrogen) atoms. The Kier molecular flexibility index (Phi) is 6.84. The highest BCUT2D eigenvalue weighted by Gasteiger charge is 2.19. The van der Waals surface area contributed by atoms with Gasteiger partial charge in [-0.3, -0.25) is 14.6 Å². The second-order valence-electron chi connectivity index (χ2n) is 6.79. The molecule has 7 heteroatoms. The Hall–Kier alpha value is -2.38. The van der Waals surface area contributed by atoms with E-state index in [0.29, 0.717) is 6.54 Å². The van der Waals surface area contributed by atoms with Gasteiger partial charge in [-0.2, -0.15) is 0 Å². The molecule has 0 unspecified atom stereocenters. The lowest BCUT2D eigenvalue weighted by atomic mass is 10.3. The lowest BCUT2D eigenvalue weighted by Gasteiger charge is -2.34. The third-order valence-electron chi connectivity index (χ3n) is 4.96. The number of amides is 1. The molecule has 0 radical (unpaired) electrons. The van der Waals surface area contributed by atoms with Gasteiger partial charge in [0.2, 0.25) is 5.91 Å². The number of nitrogens with one attached hydrogen (secondary N) is 1. The highest BCUT2D eigenvalue weighted by molar-refractivity contribution is 5.92. The molecule has 1 aliphatic heterocycles. The first kappa shape index (κ1) is 19.4. The topological polar surface area (TPSA) is 62.6 Å². The molecule has 0 aliphatic carbocycles. The minimum Gasteiger partial charge on any atom is -0.497 e. The van der Waals surface area contributed by atoms with Crippen molar-refractivity contribution in [3.63, 3.8) is 0 Å². The quantitative estimate of drug-likeness (QED) is 0.765. The molecule has 1 fully saturated rings. The Balaban J connectivity index is 1.39. The molecule has 1 saturated heterocycles. The van der Waals surface area contributed by atoms with Crippen LogP contribution in [0.4, 0.5) is 5.69 Å². The zero-order chi connectivity index (χ0) is 19.1. The Morgan fingerprint density at radius 2 is 1.96 bits per heavy atom. The number of aromatic nitrogens is 2. The molecule has 0 saturated carbocycles. The summed E-state index contributed by atoms with van der Waals surface area (Å²) in [6, 6.07) is 7.44. The van der Waals surface area contributed by atoms with E-state index in [-0.39, 0.29) is 5.91 Å². The molecule has 146 valence electrons. The van der Waals surface area contributed by atoms with E-state index in [1.54, 1.807) is 7.11 Å². The first-order valence-corrected chi connectivity index (χ1v) is 9.56. The summed E-state index contributed by atoms with van der Waals surface area (Å²) in [4.78, 5) is 21.3. The third kappa shape index (κ3) is 5.55. The van der Waals surface area contributed by atoms with E-state index in [2.05, 4.69) is 37.8 Å². The molecule has 0 spiro atoms. The van der Waals surface area contributed by atoms with Gasteiger partial charge in [0.25, 0.3) is 0 Å². The summed E-state index contributed by atoms with van der Waals surface area (Å²) in [5.41, 5.74) is 0.769. The fraction of sp³-hybridized carbons (Fsp3) is 0.500. The van der Waals surface area contributed by atoms with Crippen molar-refractivity contribution < 1.29 is 9.53 Å². The van der Waals surface area contributed by atoms with Crippen LogP contribution in [-0.2, 0) is 17.8 Å². The highest BCUT2D eigenvalue weighted by atomic mass is 16.5. The fourth-order valence-electron chi connectivity index (χ4n) is 3.38. The van der Waals surface area contributed by atoms with E-state index in [0.717, 1.165) is 63.0 Å². The molecule has 0 bridgehead atoms. The van der Waals surface area contributed by atoms with Gasteiger partial charge >= 0.3 is 0 Å². The molecular weight excluding hydrogens is 342 g/mol. The predicted octanol–water partition coefficient (Wildman–Crippen LogP) is 1.71. The van der Waals surface area contributed by atoms with Gasteiger partial charge in [0.05, 0.1) is 13.7 Å². The molecule has 3 rings (SSSR count). The number of aryl methyl sites for hydroxylation is 1. The number of benzene rings is 1. The van der Waals surface area contributed by atoms with Gasteiger partial charge in [-0.1, -0.05) is 13.0 Å². The lowest BCUT2D eigenvalue weighted by molar-refractivity contribution is -0.117. The van der Waals surface area contributed by atoms with Crippen molar-refractivity contribution in [2.75, 3.05) is 51.7 Å². The zero-order valence-corrected chi connectivity index (χ0v) is 16.2. The van der Waals surface area contributed by atoms with Gasteiger partial charge in [-0.25, -0.2) is 4.98 Å². The van der Waals surface area contributed by atoms with Gasteiger partial charge in [0, 0.05) is 69.8 Å².